The standard InChI is InChI=1S/C11H23N3/c1-13-7-6-9(8-13)14(2)11-5-3-4-10(11)12/h9-11H,3-8,12H2,1-2H3. The Balaban J connectivity index is 1.90. The van der Waals surface area contributed by atoms with Crippen LogP contribution in [0.1, 0.15) is 25.7 Å². The molecule has 0 spiro atoms. The molecular weight excluding hydrogens is 174 g/mol. The van der Waals surface area contributed by atoms with Crippen LogP contribution in [-0.2, 0) is 0 Å². The highest BCUT2D eigenvalue weighted by Gasteiger charge is 2.33. The van der Waals surface area contributed by atoms with Gasteiger partial charge in [0.1, 0.15) is 0 Å². The highest BCUT2D eigenvalue weighted by atomic mass is 15.3. The molecule has 2 N–H and O–H groups in total. The molecule has 2 fully saturated rings. The first-order chi connectivity index (χ1) is 6.68. The van der Waals surface area contributed by atoms with E-state index in [4.69, 9.17) is 5.73 Å². The molecule has 2 rings (SSSR count). The van der Waals surface area contributed by atoms with Crippen molar-refractivity contribution in [3.8, 4) is 0 Å². The maximum Gasteiger partial charge on any atom is 0.0247 e. The van der Waals surface area contributed by atoms with E-state index >= 15 is 0 Å². The molecule has 1 saturated heterocycles. The molecule has 3 nitrogen and oxygen atoms in total. The molecule has 0 radical (unpaired) electrons. The Labute approximate surface area is 87.2 Å². The molecule has 14 heavy (non-hydrogen) atoms. The van der Waals surface area contributed by atoms with E-state index in [1.165, 1.54) is 38.8 Å². The van der Waals surface area contributed by atoms with Gasteiger partial charge in [-0.15, -0.1) is 0 Å². The molecular formula is C11H23N3. The van der Waals surface area contributed by atoms with Gasteiger partial charge in [-0.05, 0) is 39.9 Å². The van der Waals surface area contributed by atoms with E-state index in [9.17, 15) is 0 Å². The minimum Gasteiger partial charge on any atom is -0.326 e. The van der Waals surface area contributed by atoms with Gasteiger partial charge >= 0.3 is 0 Å². The number of rotatable bonds is 2. The van der Waals surface area contributed by atoms with Crippen molar-refractivity contribution in [2.75, 3.05) is 27.2 Å². The Kier molecular flexibility index (Phi) is 3.10. The molecule has 0 aromatic carbocycles. The Morgan fingerprint density at radius 3 is 2.57 bits per heavy atom. The second-order valence-corrected chi connectivity index (χ2v) is 5.03. The van der Waals surface area contributed by atoms with E-state index in [0.29, 0.717) is 12.1 Å². The van der Waals surface area contributed by atoms with Crippen molar-refractivity contribution >= 4 is 0 Å². The lowest BCUT2D eigenvalue weighted by Gasteiger charge is -2.32. The SMILES string of the molecule is CN1CCC(N(C)C2CCCC2N)C1. The minimum absolute atomic E-state index is 0.422. The van der Waals surface area contributed by atoms with Crippen LogP contribution in [-0.4, -0.2) is 55.1 Å². The van der Waals surface area contributed by atoms with Gasteiger partial charge in [-0.1, -0.05) is 6.42 Å². The molecule has 82 valence electrons. The van der Waals surface area contributed by atoms with Gasteiger partial charge in [0, 0.05) is 24.7 Å². The zero-order chi connectivity index (χ0) is 10.1. The Morgan fingerprint density at radius 1 is 1.29 bits per heavy atom. The van der Waals surface area contributed by atoms with Crippen molar-refractivity contribution in [3.05, 3.63) is 0 Å². The van der Waals surface area contributed by atoms with Gasteiger partial charge in [0.25, 0.3) is 0 Å². The quantitative estimate of drug-likeness (QED) is 0.700. The highest BCUT2D eigenvalue weighted by Crippen LogP contribution is 2.25. The number of hydrogen-bond acceptors (Lipinski definition) is 3. The Bertz CT molecular complexity index is 195. The van der Waals surface area contributed by atoms with Crippen molar-refractivity contribution in [2.45, 2.75) is 43.8 Å². The van der Waals surface area contributed by atoms with Gasteiger partial charge in [0.05, 0.1) is 0 Å². The van der Waals surface area contributed by atoms with Crippen molar-refractivity contribution in [3.63, 3.8) is 0 Å². The molecule has 2 aliphatic rings. The third-order valence-electron chi connectivity index (χ3n) is 4.00. The first kappa shape index (κ1) is 10.4. The van der Waals surface area contributed by atoms with Gasteiger partial charge in [0.15, 0.2) is 0 Å². The van der Waals surface area contributed by atoms with Crippen LogP contribution < -0.4 is 5.73 Å². The second-order valence-electron chi connectivity index (χ2n) is 5.03. The third-order valence-corrected chi connectivity index (χ3v) is 4.00. The molecule has 3 heteroatoms. The first-order valence-electron chi connectivity index (χ1n) is 5.84. The van der Waals surface area contributed by atoms with Crippen LogP contribution in [0.2, 0.25) is 0 Å². The van der Waals surface area contributed by atoms with Crippen LogP contribution in [0.3, 0.4) is 0 Å². The van der Waals surface area contributed by atoms with Crippen molar-refractivity contribution in [1.29, 1.82) is 0 Å². The molecule has 1 saturated carbocycles. The van der Waals surface area contributed by atoms with Crippen LogP contribution >= 0.6 is 0 Å². The van der Waals surface area contributed by atoms with Gasteiger partial charge < -0.3 is 10.6 Å². The fraction of sp³-hybridized carbons (Fsp3) is 1.00. The number of likely N-dealkylation sites (tertiary alicyclic amines) is 1. The molecule has 3 unspecified atom stereocenters. The maximum absolute atomic E-state index is 6.13. The van der Waals surface area contributed by atoms with Crippen LogP contribution in [0.4, 0.5) is 0 Å². The molecule has 0 aromatic rings. The summed E-state index contributed by atoms with van der Waals surface area (Å²) < 4.78 is 0. The van der Waals surface area contributed by atoms with Gasteiger partial charge in [-0.25, -0.2) is 0 Å². The summed E-state index contributed by atoms with van der Waals surface area (Å²) in [6.07, 6.45) is 5.16. The molecule has 3 atom stereocenters. The summed E-state index contributed by atoms with van der Waals surface area (Å²) in [5, 5.41) is 0. The normalized spacial score (nSPS) is 39.9. The summed E-state index contributed by atoms with van der Waals surface area (Å²) >= 11 is 0. The zero-order valence-corrected chi connectivity index (χ0v) is 9.45. The fourth-order valence-corrected chi connectivity index (χ4v) is 2.99. The average molecular weight is 197 g/mol. The van der Waals surface area contributed by atoms with E-state index < -0.39 is 0 Å². The van der Waals surface area contributed by atoms with Gasteiger partial charge in [0.2, 0.25) is 0 Å². The largest absolute Gasteiger partial charge is 0.326 e. The lowest BCUT2D eigenvalue weighted by molar-refractivity contribution is 0.165. The zero-order valence-electron chi connectivity index (χ0n) is 9.45. The maximum atomic E-state index is 6.13. The van der Waals surface area contributed by atoms with Crippen LogP contribution in [0.15, 0.2) is 0 Å². The monoisotopic (exact) mass is 197 g/mol. The minimum atomic E-state index is 0.422. The van der Waals surface area contributed by atoms with Crippen molar-refractivity contribution in [1.82, 2.24) is 9.80 Å². The summed E-state index contributed by atoms with van der Waals surface area (Å²) in [5.41, 5.74) is 6.13. The average Bonchev–Trinajstić information content (AvgIpc) is 2.73. The molecule has 1 aliphatic heterocycles. The third kappa shape index (κ3) is 1.95. The lowest BCUT2D eigenvalue weighted by Crippen LogP contribution is -2.48. The van der Waals surface area contributed by atoms with E-state index in [2.05, 4.69) is 23.9 Å². The number of nitrogens with two attached hydrogens (primary N) is 1. The smallest absolute Gasteiger partial charge is 0.0247 e. The molecule has 0 bridgehead atoms. The summed E-state index contributed by atoms with van der Waals surface area (Å²) in [6.45, 7) is 2.47. The van der Waals surface area contributed by atoms with Gasteiger partial charge in [-0.3, -0.25) is 4.90 Å². The van der Waals surface area contributed by atoms with E-state index in [1.807, 2.05) is 0 Å². The van der Waals surface area contributed by atoms with Gasteiger partial charge in [-0.2, -0.15) is 0 Å². The second kappa shape index (κ2) is 4.17. The first-order valence-corrected chi connectivity index (χ1v) is 5.84. The number of nitrogens with zero attached hydrogens (tertiary/aromatic N) is 2. The summed E-state index contributed by atoms with van der Waals surface area (Å²) in [6, 6.07) is 1.81. The predicted octanol–water partition coefficient (Wildman–Crippen LogP) is 0.502. The fourth-order valence-electron chi connectivity index (χ4n) is 2.99. The molecule has 0 amide bonds. The summed E-state index contributed by atoms with van der Waals surface area (Å²) in [5.74, 6) is 0. The number of likely N-dealkylation sites (N-methyl/N-ethyl adjacent to an activating group) is 2. The Morgan fingerprint density at radius 2 is 2.07 bits per heavy atom. The topological polar surface area (TPSA) is 32.5 Å². The molecule has 1 aliphatic carbocycles. The Hall–Kier alpha value is -0.120. The lowest BCUT2D eigenvalue weighted by atomic mass is 10.1. The molecule has 0 aromatic heterocycles. The van der Waals surface area contributed by atoms with Crippen LogP contribution in [0.5, 0.6) is 0 Å². The van der Waals surface area contributed by atoms with E-state index in [1.54, 1.807) is 0 Å². The summed E-state index contributed by atoms with van der Waals surface area (Å²) in [7, 11) is 4.47. The van der Waals surface area contributed by atoms with Crippen molar-refractivity contribution < 1.29 is 0 Å². The van der Waals surface area contributed by atoms with Crippen molar-refractivity contribution in [2.24, 2.45) is 5.73 Å². The predicted molar refractivity (Wildman–Crippen MR) is 59.3 cm³/mol. The van der Waals surface area contributed by atoms with E-state index in [-0.39, 0.29) is 0 Å². The van der Waals surface area contributed by atoms with Crippen LogP contribution in [0.25, 0.3) is 0 Å². The highest BCUT2D eigenvalue weighted by molar-refractivity contribution is 4.92. The van der Waals surface area contributed by atoms with E-state index in [0.717, 1.165) is 6.04 Å². The molecule has 1 heterocycles. The number of hydrogen-bond donors (Lipinski definition) is 1. The van der Waals surface area contributed by atoms with Crippen LogP contribution in [0, 0.1) is 0 Å². The summed E-state index contributed by atoms with van der Waals surface area (Å²) in [4.78, 5) is 4.96.